The minimum atomic E-state index is -0.0492. The van der Waals surface area contributed by atoms with Crippen molar-refractivity contribution in [2.24, 2.45) is 0 Å². The Morgan fingerprint density at radius 3 is 2.79 bits per heavy atom. The second-order valence-electron chi connectivity index (χ2n) is 8.38. The molecule has 166 valence electrons. The number of hydrogen-bond acceptors (Lipinski definition) is 5. The highest BCUT2D eigenvalue weighted by atomic mass is 16.3. The van der Waals surface area contributed by atoms with Crippen molar-refractivity contribution < 1.29 is 9.21 Å². The van der Waals surface area contributed by atoms with Crippen LogP contribution in [0.15, 0.2) is 65.5 Å². The van der Waals surface area contributed by atoms with Crippen LogP contribution in [0.1, 0.15) is 35.1 Å². The average Bonchev–Trinajstić information content (AvgIpc) is 3.61. The van der Waals surface area contributed by atoms with Gasteiger partial charge in [0.2, 0.25) is 0 Å². The zero-order chi connectivity index (χ0) is 22.4. The van der Waals surface area contributed by atoms with Crippen molar-refractivity contribution in [2.75, 3.05) is 25.5 Å². The minimum absolute atomic E-state index is 0.0492. The molecule has 1 aliphatic rings. The van der Waals surface area contributed by atoms with Crippen LogP contribution in [0.2, 0.25) is 0 Å². The first-order valence-corrected chi connectivity index (χ1v) is 11.2. The van der Waals surface area contributed by atoms with Crippen LogP contribution in [0.5, 0.6) is 0 Å². The van der Waals surface area contributed by atoms with Gasteiger partial charge in [-0.2, -0.15) is 0 Å². The molecule has 8 heteroatoms. The van der Waals surface area contributed by atoms with Crippen molar-refractivity contribution in [3.05, 3.63) is 72.7 Å². The van der Waals surface area contributed by atoms with E-state index in [4.69, 9.17) is 9.40 Å². The second kappa shape index (κ2) is 7.81. The first-order valence-electron chi connectivity index (χ1n) is 11.2. The number of piperidine rings is 1. The van der Waals surface area contributed by atoms with Crippen molar-refractivity contribution in [2.45, 2.75) is 18.8 Å². The third kappa shape index (κ3) is 3.26. The molecule has 33 heavy (non-hydrogen) atoms. The highest BCUT2D eigenvalue weighted by Gasteiger charge is 2.30. The summed E-state index contributed by atoms with van der Waals surface area (Å²) >= 11 is 0. The van der Waals surface area contributed by atoms with Gasteiger partial charge >= 0.3 is 0 Å². The summed E-state index contributed by atoms with van der Waals surface area (Å²) < 4.78 is 7.44. The number of carbonyl (C=O) groups excluding carboxylic acids is 1. The van der Waals surface area contributed by atoms with E-state index >= 15 is 0 Å². The number of aromatic nitrogens is 4. The maximum absolute atomic E-state index is 12.7. The van der Waals surface area contributed by atoms with Gasteiger partial charge in [-0.3, -0.25) is 9.20 Å². The van der Waals surface area contributed by atoms with Gasteiger partial charge in [-0.05, 0) is 37.1 Å². The second-order valence-corrected chi connectivity index (χ2v) is 8.38. The third-order valence-corrected chi connectivity index (χ3v) is 6.48. The molecule has 6 rings (SSSR count). The highest BCUT2D eigenvalue weighted by molar-refractivity contribution is 5.92. The predicted molar refractivity (Wildman–Crippen MR) is 126 cm³/mol. The zero-order valence-corrected chi connectivity index (χ0v) is 18.3. The van der Waals surface area contributed by atoms with E-state index in [1.807, 2.05) is 30.3 Å². The molecule has 0 atom stereocenters. The standard InChI is InChI=1S/C25H24N6O2/c1-26-23-22-21(19-15-17-5-2-3-6-18(17)28-19)29-24(31(22)13-10-27-23)16-8-11-30(12-9-16)25(32)20-7-4-14-33-20/h2-7,10,13-16,28H,8-9,11-12H2,1H3,(H,26,27). The molecule has 1 aromatic carbocycles. The van der Waals surface area contributed by atoms with E-state index in [1.165, 1.54) is 6.26 Å². The molecular weight excluding hydrogens is 416 g/mol. The first kappa shape index (κ1) is 19.6. The van der Waals surface area contributed by atoms with Crippen LogP contribution in [0, 0.1) is 0 Å². The Morgan fingerprint density at radius 2 is 2.03 bits per heavy atom. The van der Waals surface area contributed by atoms with Crippen molar-refractivity contribution in [3.63, 3.8) is 0 Å². The number of rotatable bonds is 4. The SMILES string of the molecule is CNc1nccn2c(C3CCN(C(=O)c4ccco4)CC3)nc(-c3cc4ccccc4[nH]3)c12. The van der Waals surface area contributed by atoms with E-state index in [2.05, 4.69) is 37.9 Å². The Morgan fingerprint density at radius 1 is 1.18 bits per heavy atom. The normalized spacial score (nSPS) is 14.9. The molecule has 1 aliphatic heterocycles. The van der Waals surface area contributed by atoms with Gasteiger partial charge < -0.3 is 19.6 Å². The van der Waals surface area contributed by atoms with Gasteiger partial charge in [-0.1, -0.05) is 18.2 Å². The molecule has 5 aromatic rings. The summed E-state index contributed by atoms with van der Waals surface area (Å²) in [5.41, 5.74) is 3.88. The Balaban J connectivity index is 1.37. The number of amides is 1. The molecule has 1 fully saturated rings. The Bertz CT molecular complexity index is 1410. The van der Waals surface area contributed by atoms with Crippen LogP contribution in [0.4, 0.5) is 5.82 Å². The lowest BCUT2D eigenvalue weighted by Crippen LogP contribution is -2.38. The van der Waals surface area contributed by atoms with Crippen LogP contribution < -0.4 is 5.32 Å². The van der Waals surface area contributed by atoms with E-state index in [9.17, 15) is 4.79 Å². The van der Waals surface area contributed by atoms with E-state index in [0.717, 1.165) is 52.3 Å². The number of imidazole rings is 1. The lowest BCUT2D eigenvalue weighted by Gasteiger charge is -2.30. The number of aromatic amines is 1. The van der Waals surface area contributed by atoms with Gasteiger partial charge in [0.15, 0.2) is 11.6 Å². The van der Waals surface area contributed by atoms with Crippen molar-refractivity contribution >= 4 is 28.1 Å². The molecular formula is C25H24N6O2. The largest absolute Gasteiger partial charge is 0.459 e. The zero-order valence-electron chi connectivity index (χ0n) is 18.3. The predicted octanol–water partition coefficient (Wildman–Crippen LogP) is 4.53. The minimum Gasteiger partial charge on any atom is -0.459 e. The van der Waals surface area contributed by atoms with Gasteiger partial charge in [-0.15, -0.1) is 0 Å². The summed E-state index contributed by atoms with van der Waals surface area (Å²) in [5.74, 6) is 2.37. The summed E-state index contributed by atoms with van der Waals surface area (Å²) in [7, 11) is 1.88. The van der Waals surface area contributed by atoms with Crippen molar-refractivity contribution in [1.29, 1.82) is 0 Å². The van der Waals surface area contributed by atoms with E-state index in [-0.39, 0.29) is 11.8 Å². The highest BCUT2D eigenvalue weighted by Crippen LogP contribution is 2.36. The number of nitrogens with one attached hydrogen (secondary N) is 2. The summed E-state index contributed by atoms with van der Waals surface area (Å²) in [5, 5.41) is 4.37. The summed E-state index contributed by atoms with van der Waals surface area (Å²) in [6.45, 7) is 1.34. The lowest BCUT2D eigenvalue weighted by atomic mass is 9.96. The smallest absolute Gasteiger partial charge is 0.289 e. The number of H-pyrrole nitrogens is 1. The van der Waals surface area contributed by atoms with E-state index in [1.54, 1.807) is 18.3 Å². The fraction of sp³-hybridized carbons (Fsp3) is 0.240. The average molecular weight is 441 g/mol. The number of nitrogens with zero attached hydrogens (tertiary/aromatic N) is 4. The molecule has 0 saturated carbocycles. The van der Waals surface area contributed by atoms with Crippen LogP contribution >= 0.6 is 0 Å². The molecule has 0 aliphatic carbocycles. The summed E-state index contributed by atoms with van der Waals surface area (Å²) in [6, 6.07) is 13.8. The van der Waals surface area contributed by atoms with E-state index in [0.29, 0.717) is 18.8 Å². The Kier molecular flexibility index (Phi) is 4.64. The number of benzene rings is 1. The van der Waals surface area contributed by atoms with Crippen LogP contribution in [-0.2, 0) is 0 Å². The first-order chi connectivity index (χ1) is 16.2. The Hall–Kier alpha value is -4.07. The van der Waals surface area contributed by atoms with Gasteiger partial charge in [0.1, 0.15) is 17.0 Å². The summed E-state index contributed by atoms with van der Waals surface area (Å²) in [4.78, 5) is 27.7. The summed E-state index contributed by atoms with van der Waals surface area (Å²) in [6.07, 6.45) is 7.00. The van der Waals surface area contributed by atoms with Crippen molar-refractivity contribution in [3.8, 4) is 11.4 Å². The maximum atomic E-state index is 12.7. The molecule has 0 radical (unpaired) electrons. The van der Waals surface area contributed by atoms with Crippen LogP contribution in [0.3, 0.4) is 0 Å². The fourth-order valence-corrected chi connectivity index (χ4v) is 4.82. The molecule has 0 spiro atoms. The molecule has 5 heterocycles. The van der Waals surface area contributed by atoms with Crippen LogP contribution in [-0.4, -0.2) is 50.3 Å². The number of fused-ring (bicyclic) bond motifs is 2. The lowest BCUT2D eigenvalue weighted by molar-refractivity contribution is 0.0679. The van der Waals surface area contributed by atoms with Crippen molar-refractivity contribution in [1.82, 2.24) is 24.3 Å². The van der Waals surface area contributed by atoms with E-state index < -0.39 is 0 Å². The quantitative estimate of drug-likeness (QED) is 0.428. The number of hydrogen-bond donors (Lipinski definition) is 2. The van der Waals surface area contributed by atoms with Crippen LogP contribution in [0.25, 0.3) is 27.8 Å². The van der Waals surface area contributed by atoms with Gasteiger partial charge in [-0.25, -0.2) is 9.97 Å². The van der Waals surface area contributed by atoms with Gasteiger partial charge in [0.05, 0.1) is 12.0 Å². The number of anilines is 1. The Labute approximate surface area is 190 Å². The topological polar surface area (TPSA) is 91.5 Å². The number of para-hydroxylation sites is 1. The third-order valence-electron chi connectivity index (χ3n) is 6.48. The molecule has 1 saturated heterocycles. The number of likely N-dealkylation sites (tertiary alicyclic amines) is 1. The molecule has 0 bridgehead atoms. The maximum Gasteiger partial charge on any atom is 0.289 e. The molecule has 2 N–H and O–H groups in total. The number of furan rings is 1. The molecule has 0 unspecified atom stereocenters. The number of carbonyl (C=O) groups is 1. The monoisotopic (exact) mass is 440 g/mol. The fourth-order valence-electron chi connectivity index (χ4n) is 4.82. The molecule has 1 amide bonds. The van der Waals surface area contributed by atoms with Gasteiger partial charge in [0, 0.05) is 49.4 Å². The molecule has 4 aromatic heterocycles. The van der Waals surface area contributed by atoms with Gasteiger partial charge in [0.25, 0.3) is 5.91 Å². The molecule has 8 nitrogen and oxygen atoms in total.